The number of aromatic amines is 1. The van der Waals surface area contributed by atoms with Gasteiger partial charge in [-0.15, -0.1) is 11.8 Å². The molecule has 1 aliphatic carbocycles. The van der Waals surface area contributed by atoms with Crippen molar-refractivity contribution >= 4 is 17.7 Å². The zero-order valence-corrected chi connectivity index (χ0v) is 11.2. The van der Waals surface area contributed by atoms with Crippen LogP contribution in [-0.4, -0.2) is 27.4 Å². The number of hydrogen-bond donors (Lipinski definition) is 2. The molecule has 0 spiro atoms. The molecule has 1 amide bonds. The van der Waals surface area contributed by atoms with Crippen LogP contribution >= 0.6 is 11.8 Å². The van der Waals surface area contributed by atoms with Crippen molar-refractivity contribution in [3.8, 4) is 0 Å². The van der Waals surface area contributed by atoms with E-state index in [1.54, 1.807) is 12.4 Å². The van der Waals surface area contributed by atoms with Crippen LogP contribution in [0.1, 0.15) is 23.2 Å². The summed E-state index contributed by atoms with van der Waals surface area (Å²) in [5.41, 5.74) is 0.584. The first-order valence-electron chi connectivity index (χ1n) is 6.29. The monoisotopic (exact) mass is 273 g/mol. The zero-order valence-electron chi connectivity index (χ0n) is 10.4. The highest BCUT2D eigenvalue weighted by Gasteiger charge is 2.43. The number of aromatic nitrogens is 2. The molecule has 2 N–H and O–H groups in total. The topological polar surface area (TPSA) is 57.8 Å². The summed E-state index contributed by atoms with van der Waals surface area (Å²) in [5.74, 6) is -0.0614. The van der Waals surface area contributed by atoms with Crippen LogP contribution in [0.2, 0.25) is 0 Å². The number of H-pyrrole nitrogens is 1. The first-order valence-corrected chi connectivity index (χ1v) is 7.10. The normalized spacial score (nSPS) is 16.0. The zero-order chi connectivity index (χ0) is 13.1. The number of carbonyl (C=O) groups is 1. The Bertz CT molecular complexity index is 549. The van der Waals surface area contributed by atoms with Gasteiger partial charge in [0.15, 0.2) is 0 Å². The van der Waals surface area contributed by atoms with E-state index in [-0.39, 0.29) is 10.7 Å². The second-order valence-corrected chi connectivity index (χ2v) is 6.31. The van der Waals surface area contributed by atoms with Crippen molar-refractivity contribution in [1.82, 2.24) is 15.5 Å². The Kier molecular flexibility index (Phi) is 3.29. The molecule has 0 unspecified atom stereocenters. The van der Waals surface area contributed by atoms with E-state index in [9.17, 15) is 4.79 Å². The molecule has 19 heavy (non-hydrogen) atoms. The van der Waals surface area contributed by atoms with Crippen molar-refractivity contribution < 1.29 is 4.79 Å². The minimum absolute atomic E-state index is 0.0614. The van der Waals surface area contributed by atoms with E-state index in [2.05, 4.69) is 27.6 Å². The molecule has 1 aromatic carbocycles. The van der Waals surface area contributed by atoms with Gasteiger partial charge in [0, 0.05) is 22.4 Å². The van der Waals surface area contributed by atoms with Crippen LogP contribution in [0.3, 0.4) is 0 Å². The van der Waals surface area contributed by atoms with Gasteiger partial charge in [0.25, 0.3) is 5.91 Å². The van der Waals surface area contributed by atoms with Gasteiger partial charge in [0.05, 0.1) is 11.8 Å². The van der Waals surface area contributed by atoms with E-state index in [1.807, 2.05) is 30.0 Å². The van der Waals surface area contributed by atoms with Crippen molar-refractivity contribution in [2.24, 2.45) is 0 Å². The fourth-order valence-electron chi connectivity index (χ4n) is 1.91. The largest absolute Gasteiger partial charge is 0.351 e. The van der Waals surface area contributed by atoms with Crippen LogP contribution in [-0.2, 0) is 0 Å². The fraction of sp³-hybridized carbons (Fsp3) is 0.286. The van der Waals surface area contributed by atoms with Gasteiger partial charge in [-0.3, -0.25) is 9.89 Å². The van der Waals surface area contributed by atoms with Crippen molar-refractivity contribution in [1.29, 1.82) is 0 Å². The summed E-state index contributed by atoms with van der Waals surface area (Å²) in [5, 5.41) is 9.42. The Morgan fingerprint density at radius 3 is 2.79 bits per heavy atom. The minimum Gasteiger partial charge on any atom is -0.351 e. The molecule has 2 aromatic rings. The van der Waals surface area contributed by atoms with E-state index >= 15 is 0 Å². The number of hydrogen-bond acceptors (Lipinski definition) is 3. The second-order valence-electron chi connectivity index (χ2n) is 4.77. The molecule has 0 atom stereocenters. The number of rotatable bonds is 5. The van der Waals surface area contributed by atoms with Crippen LogP contribution in [0, 0.1) is 0 Å². The highest BCUT2D eigenvalue weighted by Crippen LogP contribution is 2.51. The third-order valence-corrected chi connectivity index (χ3v) is 4.71. The lowest BCUT2D eigenvalue weighted by Crippen LogP contribution is -2.31. The molecule has 0 aliphatic heterocycles. The maximum absolute atomic E-state index is 11.9. The summed E-state index contributed by atoms with van der Waals surface area (Å²) in [7, 11) is 0. The molecule has 3 rings (SSSR count). The van der Waals surface area contributed by atoms with Crippen LogP contribution < -0.4 is 5.32 Å². The molecular formula is C14H15N3OS. The molecule has 5 heteroatoms. The summed E-state index contributed by atoms with van der Waals surface area (Å²) in [6, 6.07) is 10.3. The Balaban J connectivity index is 1.56. The van der Waals surface area contributed by atoms with Crippen molar-refractivity contribution in [2.75, 3.05) is 6.54 Å². The van der Waals surface area contributed by atoms with E-state index < -0.39 is 0 Å². The maximum Gasteiger partial charge on any atom is 0.254 e. The summed E-state index contributed by atoms with van der Waals surface area (Å²) < 4.78 is 0.181. The highest BCUT2D eigenvalue weighted by molar-refractivity contribution is 8.01. The predicted molar refractivity (Wildman–Crippen MR) is 75.2 cm³/mol. The van der Waals surface area contributed by atoms with Crippen LogP contribution in [0.4, 0.5) is 0 Å². The highest BCUT2D eigenvalue weighted by atomic mass is 32.2. The van der Waals surface area contributed by atoms with Crippen molar-refractivity contribution in [3.63, 3.8) is 0 Å². The average molecular weight is 273 g/mol. The third-order valence-electron chi connectivity index (χ3n) is 3.22. The second kappa shape index (κ2) is 5.09. The van der Waals surface area contributed by atoms with E-state index in [0.29, 0.717) is 12.1 Å². The summed E-state index contributed by atoms with van der Waals surface area (Å²) >= 11 is 1.86. The lowest BCUT2D eigenvalue weighted by Gasteiger charge is -2.15. The molecule has 1 aromatic heterocycles. The number of benzene rings is 1. The lowest BCUT2D eigenvalue weighted by molar-refractivity contribution is 0.0953. The van der Waals surface area contributed by atoms with E-state index in [0.717, 1.165) is 12.8 Å². The molecule has 0 radical (unpaired) electrons. The standard InChI is InChI=1S/C14H15N3OS/c18-13(11-8-16-17-9-11)15-10-14(6-7-14)19-12-4-2-1-3-5-12/h1-5,8-9H,6-7,10H2,(H,15,18)(H,16,17). The Hall–Kier alpha value is -1.75. The molecule has 4 nitrogen and oxygen atoms in total. The first-order chi connectivity index (χ1) is 9.27. The van der Waals surface area contributed by atoms with Gasteiger partial charge in [-0.1, -0.05) is 18.2 Å². The number of carbonyl (C=O) groups excluding carboxylic acids is 1. The summed E-state index contributed by atoms with van der Waals surface area (Å²) in [4.78, 5) is 13.1. The number of thioether (sulfide) groups is 1. The van der Waals surface area contributed by atoms with E-state index in [4.69, 9.17) is 0 Å². The Morgan fingerprint density at radius 2 is 2.16 bits per heavy atom. The first kappa shape index (κ1) is 12.3. The summed E-state index contributed by atoms with van der Waals surface area (Å²) in [6.45, 7) is 0.705. The van der Waals surface area contributed by atoms with Crippen LogP contribution in [0.15, 0.2) is 47.6 Å². The number of nitrogens with zero attached hydrogens (tertiary/aromatic N) is 1. The molecule has 1 fully saturated rings. The Labute approximate surface area is 116 Å². The summed E-state index contributed by atoms with van der Waals surface area (Å²) in [6.07, 6.45) is 5.45. The van der Waals surface area contributed by atoms with E-state index in [1.165, 1.54) is 4.90 Å². The molecule has 0 bridgehead atoms. The van der Waals surface area contributed by atoms with Gasteiger partial charge in [-0.25, -0.2) is 0 Å². The van der Waals surface area contributed by atoms with Crippen LogP contribution in [0.5, 0.6) is 0 Å². The van der Waals surface area contributed by atoms with Gasteiger partial charge in [0.2, 0.25) is 0 Å². The van der Waals surface area contributed by atoms with Gasteiger partial charge in [-0.05, 0) is 25.0 Å². The predicted octanol–water partition coefficient (Wildman–Crippen LogP) is 2.46. The average Bonchev–Trinajstić information content (AvgIpc) is 2.99. The quantitative estimate of drug-likeness (QED) is 0.880. The lowest BCUT2D eigenvalue weighted by atomic mass is 10.3. The fourth-order valence-corrected chi connectivity index (χ4v) is 3.16. The molecule has 0 saturated heterocycles. The molecule has 98 valence electrons. The van der Waals surface area contributed by atoms with Crippen molar-refractivity contribution in [2.45, 2.75) is 22.5 Å². The van der Waals surface area contributed by atoms with Crippen LogP contribution in [0.25, 0.3) is 0 Å². The maximum atomic E-state index is 11.9. The molecule has 1 saturated carbocycles. The smallest absolute Gasteiger partial charge is 0.254 e. The molecule has 1 aliphatic rings. The van der Waals surface area contributed by atoms with Crippen molar-refractivity contribution in [3.05, 3.63) is 48.3 Å². The minimum atomic E-state index is -0.0614. The number of nitrogens with one attached hydrogen (secondary N) is 2. The Morgan fingerprint density at radius 1 is 1.37 bits per heavy atom. The molecule has 1 heterocycles. The molecular weight excluding hydrogens is 258 g/mol. The number of amides is 1. The van der Waals surface area contributed by atoms with Gasteiger partial charge >= 0.3 is 0 Å². The van der Waals surface area contributed by atoms with Gasteiger partial charge in [-0.2, -0.15) is 5.10 Å². The van der Waals surface area contributed by atoms with Gasteiger partial charge in [0.1, 0.15) is 0 Å². The third kappa shape index (κ3) is 2.98. The SMILES string of the molecule is O=C(NCC1(Sc2ccccc2)CC1)c1cn[nH]c1. The van der Waals surface area contributed by atoms with Gasteiger partial charge < -0.3 is 5.32 Å².